The molecular weight excluding hydrogens is 249 g/mol. The predicted octanol–water partition coefficient (Wildman–Crippen LogP) is 0.874. The monoisotopic (exact) mass is 262 g/mol. The molecule has 18 heavy (non-hydrogen) atoms. The van der Waals surface area contributed by atoms with E-state index in [1.807, 2.05) is 0 Å². The van der Waals surface area contributed by atoms with Crippen LogP contribution in [-0.2, 0) is 7.05 Å². The Morgan fingerprint density at radius 1 is 1.33 bits per heavy atom. The molecule has 8 heteroatoms. The molecule has 0 radical (unpaired) electrons. The van der Waals surface area contributed by atoms with Crippen LogP contribution in [0.4, 0.5) is 18.9 Å². The summed E-state index contributed by atoms with van der Waals surface area (Å²) in [5.41, 5.74) is 0.633. The van der Waals surface area contributed by atoms with Crippen LogP contribution in [0.2, 0.25) is 0 Å². The lowest BCUT2D eigenvalue weighted by molar-refractivity contribution is -0.140. The number of carbonyl (C=O) groups excluding carboxylic acids is 1. The second-order valence-corrected chi connectivity index (χ2v) is 4.30. The van der Waals surface area contributed by atoms with Crippen LogP contribution in [0.3, 0.4) is 0 Å². The van der Waals surface area contributed by atoms with Crippen molar-refractivity contribution in [3.63, 3.8) is 0 Å². The van der Waals surface area contributed by atoms with Crippen molar-refractivity contribution in [2.75, 3.05) is 31.6 Å². The van der Waals surface area contributed by atoms with Crippen molar-refractivity contribution in [3.8, 4) is 0 Å². The van der Waals surface area contributed by atoms with E-state index in [1.165, 1.54) is 4.68 Å². The Bertz CT molecular complexity index is 468. The largest absolute Gasteiger partial charge is 0.406 e. The van der Waals surface area contributed by atoms with Gasteiger partial charge in [0.1, 0.15) is 6.54 Å². The van der Waals surface area contributed by atoms with E-state index >= 15 is 0 Å². The zero-order chi connectivity index (χ0) is 13.5. The van der Waals surface area contributed by atoms with Gasteiger partial charge in [0, 0.05) is 33.4 Å². The Balaban J connectivity index is 2.32. The molecule has 0 fully saturated rings. The van der Waals surface area contributed by atoms with Gasteiger partial charge in [0.15, 0.2) is 5.69 Å². The summed E-state index contributed by atoms with van der Waals surface area (Å²) in [5.74, 6) is -0.674. The molecule has 0 unspecified atom stereocenters. The molecule has 0 N–H and O–H groups in total. The van der Waals surface area contributed by atoms with Crippen molar-refractivity contribution in [2.45, 2.75) is 6.18 Å². The number of amides is 1. The average molecular weight is 262 g/mol. The Morgan fingerprint density at radius 2 is 2.00 bits per heavy atom. The minimum Gasteiger partial charge on any atom is -0.370 e. The predicted molar refractivity (Wildman–Crippen MR) is 58.4 cm³/mol. The van der Waals surface area contributed by atoms with E-state index in [4.69, 9.17) is 0 Å². The van der Waals surface area contributed by atoms with E-state index in [0.29, 0.717) is 12.2 Å². The summed E-state index contributed by atoms with van der Waals surface area (Å²) in [4.78, 5) is 14.5. The van der Waals surface area contributed by atoms with E-state index in [0.717, 1.165) is 4.90 Å². The van der Waals surface area contributed by atoms with Crippen LogP contribution in [0, 0.1) is 0 Å². The topological polar surface area (TPSA) is 41.4 Å². The van der Waals surface area contributed by atoms with Crippen LogP contribution in [0.5, 0.6) is 0 Å². The van der Waals surface area contributed by atoms with E-state index in [1.54, 1.807) is 25.2 Å². The molecule has 2 rings (SSSR count). The highest BCUT2D eigenvalue weighted by molar-refractivity contribution is 5.98. The van der Waals surface area contributed by atoms with E-state index in [9.17, 15) is 18.0 Å². The first-order valence-electron chi connectivity index (χ1n) is 5.39. The second-order valence-electron chi connectivity index (χ2n) is 4.30. The molecule has 100 valence electrons. The number of aryl methyl sites for hydroxylation is 1. The lowest BCUT2D eigenvalue weighted by Gasteiger charge is -2.22. The van der Waals surface area contributed by atoms with Crippen molar-refractivity contribution in [2.24, 2.45) is 7.05 Å². The van der Waals surface area contributed by atoms with Crippen LogP contribution in [0.1, 0.15) is 10.5 Å². The van der Waals surface area contributed by atoms with Gasteiger partial charge in [-0.15, -0.1) is 0 Å². The minimum absolute atomic E-state index is 0.0366. The number of rotatable bonds is 1. The Morgan fingerprint density at radius 3 is 2.61 bits per heavy atom. The first kappa shape index (κ1) is 12.7. The zero-order valence-corrected chi connectivity index (χ0v) is 10.0. The fourth-order valence-electron chi connectivity index (χ4n) is 1.92. The maximum absolute atomic E-state index is 12.4. The standard InChI is InChI=1S/C10H13F3N4O/c1-15-3-4-17(6-10(11,12)13)9(18)8-7(15)5-16(2)14-8/h5H,3-4,6H2,1-2H3. The number of aromatic nitrogens is 2. The van der Waals surface area contributed by atoms with Crippen molar-refractivity contribution in [1.82, 2.24) is 14.7 Å². The molecule has 1 amide bonds. The molecule has 0 spiro atoms. The molecular formula is C10H13F3N4O. The van der Waals surface area contributed by atoms with Crippen molar-refractivity contribution >= 4 is 11.6 Å². The van der Waals surface area contributed by atoms with Gasteiger partial charge < -0.3 is 9.80 Å². The lowest BCUT2D eigenvalue weighted by atomic mass is 10.3. The van der Waals surface area contributed by atoms with Gasteiger partial charge in [-0.3, -0.25) is 9.48 Å². The summed E-state index contributed by atoms with van der Waals surface area (Å²) in [6.07, 6.45) is -2.77. The summed E-state index contributed by atoms with van der Waals surface area (Å²) in [7, 11) is 3.36. The number of nitrogens with zero attached hydrogens (tertiary/aromatic N) is 4. The Labute approximate surface area is 102 Å². The van der Waals surface area contributed by atoms with Crippen LogP contribution in [0.25, 0.3) is 0 Å². The van der Waals surface area contributed by atoms with Gasteiger partial charge in [-0.2, -0.15) is 18.3 Å². The highest BCUT2D eigenvalue weighted by Crippen LogP contribution is 2.25. The van der Waals surface area contributed by atoms with Crippen LogP contribution >= 0.6 is 0 Å². The molecule has 1 aromatic rings. The lowest BCUT2D eigenvalue weighted by Crippen LogP contribution is -2.40. The van der Waals surface area contributed by atoms with Gasteiger partial charge >= 0.3 is 6.18 Å². The summed E-state index contributed by atoms with van der Waals surface area (Å²) in [6, 6.07) is 0. The summed E-state index contributed by atoms with van der Waals surface area (Å²) in [6.45, 7) is -0.856. The van der Waals surface area contributed by atoms with Crippen LogP contribution in [-0.4, -0.2) is 53.4 Å². The molecule has 0 saturated carbocycles. The Kier molecular flexibility index (Phi) is 2.95. The van der Waals surface area contributed by atoms with Crippen LogP contribution in [0.15, 0.2) is 6.20 Å². The van der Waals surface area contributed by atoms with Gasteiger partial charge in [0.25, 0.3) is 5.91 Å². The number of fused-ring (bicyclic) bond motifs is 1. The average Bonchev–Trinajstić information content (AvgIpc) is 2.59. The number of likely N-dealkylation sites (N-methyl/N-ethyl adjacent to an activating group) is 1. The SMILES string of the molecule is CN1CCN(CC(F)(F)F)C(=O)c2nn(C)cc21. The molecule has 2 heterocycles. The minimum atomic E-state index is -4.40. The summed E-state index contributed by atoms with van der Waals surface area (Å²) in [5, 5.41) is 3.94. The summed E-state index contributed by atoms with van der Waals surface area (Å²) < 4.78 is 38.6. The molecule has 0 atom stereocenters. The van der Waals surface area contributed by atoms with Gasteiger partial charge in [-0.05, 0) is 0 Å². The number of hydrogen-bond donors (Lipinski definition) is 0. The fraction of sp³-hybridized carbons (Fsp3) is 0.600. The third-order valence-electron chi connectivity index (χ3n) is 2.79. The zero-order valence-electron chi connectivity index (χ0n) is 10.0. The maximum Gasteiger partial charge on any atom is 0.406 e. The molecule has 1 aliphatic heterocycles. The molecule has 0 bridgehead atoms. The van der Waals surface area contributed by atoms with Crippen LogP contribution < -0.4 is 4.90 Å². The van der Waals surface area contributed by atoms with Crippen molar-refractivity contribution < 1.29 is 18.0 Å². The van der Waals surface area contributed by atoms with Crippen molar-refractivity contribution in [3.05, 3.63) is 11.9 Å². The fourth-order valence-corrected chi connectivity index (χ4v) is 1.92. The maximum atomic E-state index is 12.4. The summed E-state index contributed by atoms with van der Waals surface area (Å²) >= 11 is 0. The van der Waals surface area contributed by atoms with Gasteiger partial charge in [0.2, 0.25) is 0 Å². The number of hydrogen-bond acceptors (Lipinski definition) is 3. The van der Waals surface area contributed by atoms with E-state index in [2.05, 4.69) is 5.10 Å². The number of anilines is 1. The quantitative estimate of drug-likeness (QED) is 0.754. The van der Waals surface area contributed by atoms with Gasteiger partial charge in [0.05, 0.1) is 5.69 Å². The highest BCUT2D eigenvalue weighted by Gasteiger charge is 2.36. The molecule has 5 nitrogen and oxygen atoms in total. The second kappa shape index (κ2) is 4.18. The van der Waals surface area contributed by atoms with Gasteiger partial charge in [-0.1, -0.05) is 0 Å². The van der Waals surface area contributed by atoms with E-state index < -0.39 is 18.6 Å². The molecule has 0 aromatic carbocycles. The Hall–Kier alpha value is -1.73. The first-order valence-corrected chi connectivity index (χ1v) is 5.39. The third kappa shape index (κ3) is 2.41. The molecule has 1 aromatic heterocycles. The third-order valence-corrected chi connectivity index (χ3v) is 2.79. The first-order chi connectivity index (χ1) is 8.28. The molecule has 0 aliphatic carbocycles. The number of alkyl halides is 3. The number of carbonyl (C=O) groups is 1. The highest BCUT2D eigenvalue weighted by atomic mass is 19.4. The normalized spacial score (nSPS) is 16.8. The van der Waals surface area contributed by atoms with E-state index in [-0.39, 0.29) is 12.2 Å². The molecule has 0 saturated heterocycles. The van der Waals surface area contributed by atoms with Gasteiger partial charge in [-0.25, -0.2) is 0 Å². The number of halogens is 3. The smallest absolute Gasteiger partial charge is 0.370 e. The van der Waals surface area contributed by atoms with Crippen molar-refractivity contribution in [1.29, 1.82) is 0 Å². The molecule has 1 aliphatic rings.